The molecule has 4 rings (SSSR count). The maximum Gasteiger partial charge on any atom is 0.261 e. The van der Waals surface area contributed by atoms with Crippen molar-refractivity contribution >= 4 is 11.7 Å². The van der Waals surface area contributed by atoms with E-state index in [1.165, 1.54) is 6.07 Å². The van der Waals surface area contributed by atoms with Crippen LogP contribution in [0.25, 0.3) is 5.82 Å². The molecular weight excluding hydrogens is 394 g/mol. The number of aryl methyl sites for hydroxylation is 2. The quantitative estimate of drug-likeness (QED) is 0.676. The molecule has 0 aliphatic heterocycles. The molecule has 0 radical (unpaired) electrons. The number of carbonyl (C=O) groups excluding carboxylic acids is 2. The van der Waals surface area contributed by atoms with Crippen LogP contribution in [0.15, 0.2) is 35.3 Å². The van der Waals surface area contributed by atoms with Gasteiger partial charge in [0.2, 0.25) is 0 Å². The van der Waals surface area contributed by atoms with Crippen LogP contribution < -0.4 is 10.9 Å². The fraction of sp³-hybridized carbons (Fsp3) is 0.348. The third-order valence-corrected chi connectivity index (χ3v) is 5.45. The molecule has 31 heavy (non-hydrogen) atoms. The highest BCUT2D eigenvalue weighted by molar-refractivity contribution is 6.02. The number of pyridine rings is 2. The summed E-state index contributed by atoms with van der Waals surface area (Å²) in [6, 6.07) is 7.07. The third kappa shape index (κ3) is 4.19. The Bertz CT molecular complexity index is 1240. The van der Waals surface area contributed by atoms with Gasteiger partial charge in [0.1, 0.15) is 5.56 Å². The van der Waals surface area contributed by atoms with Gasteiger partial charge in [0.05, 0.1) is 5.69 Å². The molecule has 160 valence electrons. The van der Waals surface area contributed by atoms with E-state index in [1.54, 1.807) is 10.9 Å². The summed E-state index contributed by atoms with van der Waals surface area (Å²) in [6.07, 6.45) is 2.65. The molecule has 0 saturated heterocycles. The van der Waals surface area contributed by atoms with Crippen LogP contribution in [0, 0.1) is 19.3 Å². The minimum atomic E-state index is -0.524. The summed E-state index contributed by atoms with van der Waals surface area (Å²) >= 11 is 0. The molecule has 2 N–H and O–H groups in total. The number of nitrogens with zero attached hydrogens (tertiary/aromatic N) is 3. The van der Waals surface area contributed by atoms with Crippen LogP contribution in [-0.4, -0.2) is 31.4 Å². The van der Waals surface area contributed by atoms with Gasteiger partial charge in [-0.3, -0.25) is 14.4 Å². The lowest BCUT2D eigenvalue weighted by molar-refractivity contribution is 0.0910. The SMILES string of the molecule is Cc1cc(C)n(-c2ccc(CNC(=O)c3cc4c([nH]c3=O)CC(C)(C)CC4=O)cn2)n1. The standard InChI is InChI=1S/C23H25N5O3/c1-13-7-14(2)28(27-13)20-6-5-15(11-24-20)12-25-21(30)17-8-16-18(26-22(17)31)9-23(3,4)10-19(16)29/h5-8,11H,9-10,12H2,1-4H3,(H,25,30)(H,26,31). The number of aromatic amines is 1. The molecule has 0 spiro atoms. The van der Waals surface area contributed by atoms with E-state index in [9.17, 15) is 14.4 Å². The number of aromatic nitrogens is 4. The molecule has 1 aliphatic rings. The van der Waals surface area contributed by atoms with Gasteiger partial charge in [-0.05, 0) is 49.4 Å². The predicted molar refractivity (Wildman–Crippen MR) is 115 cm³/mol. The Morgan fingerprint density at radius 1 is 1.19 bits per heavy atom. The highest BCUT2D eigenvalue weighted by Gasteiger charge is 2.32. The zero-order valence-electron chi connectivity index (χ0n) is 18.1. The van der Waals surface area contributed by atoms with Gasteiger partial charge in [-0.25, -0.2) is 9.67 Å². The summed E-state index contributed by atoms with van der Waals surface area (Å²) in [6.45, 7) is 8.06. The summed E-state index contributed by atoms with van der Waals surface area (Å²) in [5.74, 6) is 0.109. The van der Waals surface area contributed by atoms with Crippen LogP contribution in [-0.2, 0) is 13.0 Å². The van der Waals surface area contributed by atoms with Crippen molar-refractivity contribution in [2.24, 2.45) is 5.41 Å². The van der Waals surface area contributed by atoms with E-state index in [-0.39, 0.29) is 23.3 Å². The van der Waals surface area contributed by atoms with Gasteiger partial charge in [-0.2, -0.15) is 5.10 Å². The Morgan fingerprint density at radius 2 is 1.97 bits per heavy atom. The minimum absolute atomic E-state index is 0.0551. The molecule has 1 amide bonds. The van der Waals surface area contributed by atoms with E-state index in [0.717, 1.165) is 17.0 Å². The second-order valence-electron chi connectivity index (χ2n) is 8.89. The number of H-pyrrole nitrogens is 1. The van der Waals surface area contributed by atoms with Crippen LogP contribution in [0.1, 0.15) is 63.6 Å². The molecule has 0 saturated carbocycles. The summed E-state index contributed by atoms with van der Waals surface area (Å²) < 4.78 is 1.75. The van der Waals surface area contributed by atoms with E-state index >= 15 is 0 Å². The normalized spacial score (nSPS) is 14.9. The van der Waals surface area contributed by atoms with Crippen molar-refractivity contribution in [1.82, 2.24) is 25.1 Å². The largest absolute Gasteiger partial charge is 0.348 e. The number of carbonyl (C=O) groups is 2. The van der Waals surface area contributed by atoms with E-state index in [4.69, 9.17) is 0 Å². The molecule has 3 aromatic heterocycles. The summed E-state index contributed by atoms with van der Waals surface area (Å²) in [7, 11) is 0. The Labute approximate surface area is 179 Å². The number of amides is 1. The van der Waals surface area contributed by atoms with Crippen molar-refractivity contribution in [3.8, 4) is 5.82 Å². The van der Waals surface area contributed by atoms with Crippen molar-refractivity contribution < 1.29 is 9.59 Å². The van der Waals surface area contributed by atoms with E-state index < -0.39 is 11.5 Å². The molecule has 3 heterocycles. The second-order valence-corrected chi connectivity index (χ2v) is 8.89. The summed E-state index contributed by atoms with van der Waals surface area (Å²) in [4.78, 5) is 44.7. The molecular formula is C23H25N5O3. The van der Waals surface area contributed by atoms with Gasteiger partial charge in [0.25, 0.3) is 11.5 Å². The molecule has 3 aromatic rings. The molecule has 8 nitrogen and oxygen atoms in total. The number of rotatable bonds is 4. The number of hydrogen-bond acceptors (Lipinski definition) is 5. The van der Waals surface area contributed by atoms with Crippen molar-refractivity contribution in [2.45, 2.75) is 47.1 Å². The summed E-state index contributed by atoms with van der Waals surface area (Å²) in [5.41, 5.74) is 2.96. The van der Waals surface area contributed by atoms with Crippen LogP contribution in [0.4, 0.5) is 0 Å². The number of Topliss-reactive ketones (excluding diaryl/α,β-unsaturated/α-hetero) is 1. The molecule has 0 bridgehead atoms. The lowest BCUT2D eigenvalue weighted by Gasteiger charge is -2.29. The molecule has 1 aliphatic carbocycles. The Morgan fingerprint density at radius 3 is 2.61 bits per heavy atom. The van der Waals surface area contributed by atoms with Crippen molar-refractivity contribution in [3.05, 3.63) is 74.6 Å². The van der Waals surface area contributed by atoms with Gasteiger partial charge in [-0.1, -0.05) is 19.9 Å². The molecule has 0 atom stereocenters. The van der Waals surface area contributed by atoms with Crippen molar-refractivity contribution in [1.29, 1.82) is 0 Å². The van der Waals surface area contributed by atoms with E-state index in [1.807, 2.05) is 45.9 Å². The lowest BCUT2D eigenvalue weighted by atomic mass is 9.75. The van der Waals surface area contributed by atoms with Gasteiger partial charge in [-0.15, -0.1) is 0 Å². The van der Waals surface area contributed by atoms with Crippen molar-refractivity contribution in [3.63, 3.8) is 0 Å². The van der Waals surface area contributed by atoms with Gasteiger partial charge in [0, 0.05) is 36.1 Å². The van der Waals surface area contributed by atoms with Crippen LogP contribution in [0.5, 0.6) is 0 Å². The van der Waals surface area contributed by atoms with Gasteiger partial charge < -0.3 is 10.3 Å². The smallest absolute Gasteiger partial charge is 0.261 e. The maximum atomic E-state index is 12.6. The number of ketones is 1. The van der Waals surface area contributed by atoms with Crippen LogP contribution in [0.2, 0.25) is 0 Å². The highest BCUT2D eigenvalue weighted by Crippen LogP contribution is 2.33. The van der Waals surface area contributed by atoms with Crippen LogP contribution in [0.3, 0.4) is 0 Å². The van der Waals surface area contributed by atoms with E-state index in [2.05, 4.69) is 20.4 Å². The van der Waals surface area contributed by atoms with Gasteiger partial charge >= 0.3 is 0 Å². The molecule has 8 heteroatoms. The minimum Gasteiger partial charge on any atom is -0.348 e. The first-order valence-corrected chi connectivity index (χ1v) is 10.2. The van der Waals surface area contributed by atoms with Gasteiger partial charge in [0.15, 0.2) is 11.6 Å². The highest BCUT2D eigenvalue weighted by atomic mass is 16.2. The van der Waals surface area contributed by atoms with Crippen LogP contribution >= 0.6 is 0 Å². The predicted octanol–water partition coefficient (Wildman–Crippen LogP) is 2.66. The Balaban J connectivity index is 1.48. The summed E-state index contributed by atoms with van der Waals surface area (Å²) in [5, 5.41) is 7.14. The zero-order chi connectivity index (χ0) is 22.3. The second kappa shape index (κ2) is 7.61. The first kappa shape index (κ1) is 20.7. The average Bonchev–Trinajstić information content (AvgIpc) is 3.03. The fourth-order valence-electron chi connectivity index (χ4n) is 3.98. The topological polar surface area (TPSA) is 110 Å². The first-order chi connectivity index (χ1) is 14.6. The Hall–Kier alpha value is -3.55. The third-order valence-electron chi connectivity index (χ3n) is 5.45. The average molecular weight is 419 g/mol. The van der Waals surface area contributed by atoms with E-state index in [0.29, 0.717) is 29.9 Å². The molecule has 0 aromatic carbocycles. The monoisotopic (exact) mass is 419 g/mol. The molecule has 0 fully saturated rings. The number of fused-ring (bicyclic) bond motifs is 1. The maximum absolute atomic E-state index is 12.6. The number of nitrogens with one attached hydrogen (secondary N) is 2. The van der Waals surface area contributed by atoms with Crippen molar-refractivity contribution in [2.75, 3.05) is 0 Å². The zero-order valence-corrected chi connectivity index (χ0v) is 18.1. The Kier molecular flexibility index (Phi) is 5.08. The number of hydrogen-bond donors (Lipinski definition) is 2. The fourth-order valence-corrected chi connectivity index (χ4v) is 3.98. The first-order valence-electron chi connectivity index (χ1n) is 10.2. The molecule has 0 unspecified atom stereocenters. The lowest BCUT2D eigenvalue weighted by Crippen LogP contribution is -2.34.